The minimum atomic E-state index is -1.62. The monoisotopic (exact) mass is 402 g/mol. The van der Waals surface area contributed by atoms with Gasteiger partial charge in [-0.3, -0.25) is 0 Å². The fraction of sp³-hybridized carbons (Fsp3) is 0.769. The second-order valence-corrected chi connectivity index (χ2v) is 10.7. The van der Waals surface area contributed by atoms with Crippen molar-refractivity contribution in [3.05, 3.63) is 11.1 Å². The molecule has 30 heavy (non-hydrogen) atoms. The number of rotatable bonds is 2. The van der Waals surface area contributed by atoms with Crippen LogP contribution in [0.25, 0.3) is 0 Å². The van der Waals surface area contributed by atoms with Gasteiger partial charge < -0.3 is 0 Å². The second kappa shape index (κ2) is 7.75. The summed E-state index contributed by atoms with van der Waals surface area (Å²) >= 11 is 0. The van der Waals surface area contributed by atoms with E-state index >= 15 is 0 Å². The maximum Gasteiger partial charge on any atom is 0.182 e. The van der Waals surface area contributed by atoms with Crippen LogP contribution in [0.4, 0.5) is 0 Å². The third-order valence-electron chi connectivity index (χ3n) is 8.68. The molecule has 4 nitrogen and oxygen atoms in total. The summed E-state index contributed by atoms with van der Waals surface area (Å²) in [4.78, 5) is 0. The van der Waals surface area contributed by atoms with Crippen LogP contribution in [0.1, 0.15) is 67.2 Å². The Bertz CT molecular complexity index is 795. The van der Waals surface area contributed by atoms with Gasteiger partial charge in [-0.25, -0.2) is 0 Å². The van der Waals surface area contributed by atoms with Gasteiger partial charge in [0, 0.05) is 11.8 Å². The number of hydrogen-bond donors (Lipinski definition) is 0. The molecule has 0 saturated heterocycles. The smallest absolute Gasteiger partial charge is 0.182 e. The van der Waals surface area contributed by atoms with E-state index in [4.69, 9.17) is 0 Å². The lowest BCUT2D eigenvalue weighted by molar-refractivity contribution is 0.0203. The van der Waals surface area contributed by atoms with E-state index in [-0.39, 0.29) is 23.7 Å². The number of nitriles is 4. The molecule has 3 rings (SSSR count). The van der Waals surface area contributed by atoms with Gasteiger partial charge in [-0.1, -0.05) is 52.7 Å². The van der Waals surface area contributed by atoms with Gasteiger partial charge in [-0.2, -0.15) is 21.0 Å². The summed E-state index contributed by atoms with van der Waals surface area (Å²) in [7, 11) is 0. The molecule has 0 aromatic heterocycles. The van der Waals surface area contributed by atoms with Crippen molar-refractivity contribution in [2.75, 3.05) is 0 Å². The van der Waals surface area contributed by atoms with Gasteiger partial charge in [-0.05, 0) is 61.2 Å². The van der Waals surface area contributed by atoms with Crippen molar-refractivity contribution in [1.82, 2.24) is 0 Å². The molecular formula is C26H34N4. The number of nitrogens with zero attached hydrogens (tertiary/aromatic N) is 4. The van der Waals surface area contributed by atoms with Crippen molar-refractivity contribution in [3.63, 3.8) is 0 Å². The van der Waals surface area contributed by atoms with Crippen LogP contribution in [-0.2, 0) is 0 Å². The summed E-state index contributed by atoms with van der Waals surface area (Å²) in [5, 5.41) is 41.9. The highest BCUT2D eigenvalue weighted by Crippen LogP contribution is 2.68. The van der Waals surface area contributed by atoms with E-state index in [9.17, 15) is 21.0 Å². The Hall–Kier alpha value is -2.30. The highest BCUT2D eigenvalue weighted by atomic mass is 14.7. The Morgan fingerprint density at radius 2 is 0.933 bits per heavy atom. The first kappa shape index (κ1) is 22.4. The molecule has 4 heteroatoms. The van der Waals surface area contributed by atoms with E-state index in [0.717, 1.165) is 25.7 Å². The fourth-order valence-electron chi connectivity index (χ4n) is 7.27. The van der Waals surface area contributed by atoms with Gasteiger partial charge in [0.1, 0.15) is 0 Å². The number of fused-ring (bicyclic) bond motifs is 2. The van der Waals surface area contributed by atoms with Gasteiger partial charge in [-0.15, -0.1) is 0 Å². The van der Waals surface area contributed by atoms with Crippen LogP contribution in [0.15, 0.2) is 11.1 Å². The Morgan fingerprint density at radius 1 is 0.633 bits per heavy atom. The van der Waals surface area contributed by atoms with Crippen molar-refractivity contribution in [2.45, 2.75) is 67.2 Å². The van der Waals surface area contributed by atoms with Gasteiger partial charge in [0.05, 0.1) is 24.3 Å². The molecule has 6 atom stereocenters. The Kier molecular flexibility index (Phi) is 5.78. The van der Waals surface area contributed by atoms with Crippen molar-refractivity contribution < 1.29 is 0 Å². The van der Waals surface area contributed by atoms with E-state index in [0.29, 0.717) is 23.7 Å². The summed E-state index contributed by atoms with van der Waals surface area (Å²) in [5.41, 5.74) is -0.688. The molecule has 3 aliphatic carbocycles. The van der Waals surface area contributed by atoms with Gasteiger partial charge in [0.2, 0.25) is 0 Å². The zero-order valence-electron chi connectivity index (χ0n) is 19.2. The van der Waals surface area contributed by atoms with E-state index in [1.807, 2.05) is 0 Å². The van der Waals surface area contributed by atoms with Gasteiger partial charge in [0.25, 0.3) is 0 Å². The third kappa shape index (κ3) is 2.67. The van der Waals surface area contributed by atoms with Crippen LogP contribution in [0, 0.1) is 103 Å². The average Bonchev–Trinajstić information content (AvgIpc) is 2.72. The first-order valence-electron chi connectivity index (χ1n) is 11.6. The van der Waals surface area contributed by atoms with Crippen LogP contribution in [0.2, 0.25) is 0 Å². The lowest BCUT2D eigenvalue weighted by Gasteiger charge is -2.59. The molecule has 0 N–H and O–H groups in total. The maximum atomic E-state index is 10.5. The Morgan fingerprint density at radius 3 is 1.17 bits per heavy atom. The zero-order valence-corrected chi connectivity index (χ0v) is 19.2. The number of hydrogen-bond acceptors (Lipinski definition) is 4. The highest BCUT2D eigenvalue weighted by molar-refractivity contribution is 5.50. The van der Waals surface area contributed by atoms with Crippen molar-refractivity contribution in [3.8, 4) is 24.3 Å². The molecule has 0 amide bonds. The Labute approximate surface area is 182 Å². The molecule has 158 valence electrons. The number of allylic oxidation sites excluding steroid dienone is 2. The first-order chi connectivity index (χ1) is 14.2. The predicted molar refractivity (Wildman–Crippen MR) is 115 cm³/mol. The summed E-state index contributed by atoms with van der Waals surface area (Å²) < 4.78 is 0. The molecule has 0 aliphatic heterocycles. The maximum absolute atomic E-state index is 10.5. The van der Waals surface area contributed by atoms with Crippen LogP contribution in [0.3, 0.4) is 0 Å². The molecule has 0 radical (unpaired) electrons. The molecular weight excluding hydrogens is 368 g/mol. The predicted octanol–water partition coefficient (Wildman–Crippen LogP) is 6.00. The molecule has 2 fully saturated rings. The third-order valence-corrected chi connectivity index (χ3v) is 8.68. The molecule has 0 aromatic carbocycles. The zero-order chi connectivity index (χ0) is 22.4. The fourth-order valence-corrected chi connectivity index (χ4v) is 7.27. The lowest BCUT2D eigenvalue weighted by Crippen LogP contribution is -2.60. The van der Waals surface area contributed by atoms with Crippen LogP contribution in [0.5, 0.6) is 0 Å². The highest BCUT2D eigenvalue weighted by Gasteiger charge is 2.71. The van der Waals surface area contributed by atoms with Crippen molar-refractivity contribution in [1.29, 1.82) is 21.0 Å². The SMILES string of the molecule is CC(C)[C@@H]1CC[C@@H](C)[C@H]2C1=C1[C@H](C(C)C)CC[C@@H](C)[C@H]1C(C#N)(C#N)C2(C#N)C#N. The standard InChI is InChI=1S/C26H34N4/c1-15(2)19-9-7-17(5)23-21(19)22-20(16(3)4)10-8-18(6)24(22)26(13-29,14-30)25(23,11-27)12-28/h15-20,23-24H,7-10H2,1-6H3/t17-,18-,19+,20+,23-,24+/m1/s1. The average molecular weight is 403 g/mol. The van der Waals surface area contributed by atoms with Crippen LogP contribution in [-0.4, -0.2) is 0 Å². The molecule has 0 unspecified atom stereocenters. The minimum Gasteiger partial charge on any atom is -0.196 e. The first-order valence-corrected chi connectivity index (χ1v) is 11.6. The Balaban J connectivity index is 2.52. The van der Waals surface area contributed by atoms with E-state index in [1.165, 1.54) is 11.1 Å². The van der Waals surface area contributed by atoms with E-state index in [1.54, 1.807) is 0 Å². The normalized spacial score (nSPS) is 36.7. The van der Waals surface area contributed by atoms with Gasteiger partial charge >= 0.3 is 0 Å². The molecule has 3 aliphatic rings. The lowest BCUT2D eigenvalue weighted by atomic mass is 9.39. The minimum absolute atomic E-state index is 0.105. The molecule has 0 heterocycles. The van der Waals surface area contributed by atoms with Crippen LogP contribution < -0.4 is 0 Å². The molecule has 0 aromatic rings. The summed E-state index contributed by atoms with van der Waals surface area (Å²) in [6.07, 6.45) is 3.96. The topological polar surface area (TPSA) is 95.2 Å². The van der Waals surface area contributed by atoms with E-state index < -0.39 is 10.8 Å². The van der Waals surface area contributed by atoms with Crippen molar-refractivity contribution >= 4 is 0 Å². The van der Waals surface area contributed by atoms with Gasteiger partial charge in [0.15, 0.2) is 10.8 Å². The quantitative estimate of drug-likeness (QED) is 0.529. The van der Waals surface area contributed by atoms with Crippen molar-refractivity contribution in [2.24, 2.45) is 58.2 Å². The summed E-state index contributed by atoms with van der Waals surface area (Å²) in [5.74, 6) is 0.956. The molecule has 0 spiro atoms. The largest absolute Gasteiger partial charge is 0.196 e. The van der Waals surface area contributed by atoms with Crippen LogP contribution >= 0.6 is 0 Å². The molecule has 2 saturated carbocycles. The van der Waals surface area contributed by atoms with E-state index in [2.05, 4.69) is 65.8 Å². The summed E-state index contributed by atoms with van der Waals surface area (Å²) in [6, 6.07) is 9.23. The summed E-state index contributed by atoms with van der Waals surface area (Å²) in [6.45, 7) is 13.1. The molecule has 0 bridgehead atoms. The second-order valence-electron chi connectivity index (χ2n) is 10.7.